The summed E-state index contributed by atoms with van der Waals surface area (Å²) in [6.07, 6.45) is 1.94. The Morgan fingerprint density at radius 2 is 1.45 bits per heavy atom. The van der Waals surface area contributed by atoms with Crippen LogP contribution in [0.1, 0.15) is 11.6 Å². The van der Waals surface area contributed by atoms with Crippen LogP contribution in [0.3, 0.4) is 0 Å². The minimum absolute atomic E-state index is 0.106. The van der Waals surface area contributed by atoms with Crippen LogP contribution in [0.15, 0.2) is 87.4 Å². The van der Waals surface area contributed by atoms with Gasteiger partial charge in [-0.15, -0.1) is 0 Å². The van der Waals surface area contributed by atoms with Gasteiger partial charge in [-0.25, -0.2) is 0 Å². The number of carbonyl (C=O) groups excluding carboxylic acids is 1. The van der Waals surface area contributed by atoms with Crippen molar-refractivity contribution in [2.24, 2.45) is 0 Å². The van der Waals surface area contributed by atoms with Crippen molar-refractivity contribution in [3.05, 3.63) is 93.0 Å². The summed E-state index contributed by atoms with van der Waals surface area (Å²) in [6.45, 7) is 0. The number of benzene rings is 3. The standard InChI is InChI=1S/C24H20Br2N2O3/c1-30-22-12-3-15(13-23(22)31-2)21-14-20(27-18-8-4-16(25)5-9-18)24(29)28(21)19-10-6-17(26)7-11-19/h3-14,21,27H,1-2H3/t21-/m1/s1. The monoisotopic (exact) mass is 542 g/mol. The van der Waals surface area contributed by atoms with Gasteiger partial charge in [0.15, 0.2) is 11.5 Å². The maximum atomic E-state index is 13.4. The van der Waals surface area contributed by atoms with Crippen molar-refractivity contribution < 1.29 is 14.3 Å². The molecule has 3 aromatic carbocycles. The first-order chi connectivity index (χ1) is 15.0. The molecule has 0 bridgehead atoms. The summed E-state index contributed by atoms with van der Waals surface area (Å²) in [5, 5.41) is 3.26. The van der Waals surface area contributed by atoms with E-state index in [0.717, 1.165) is 25.9 Å². The molecule has 0 saturated carbocycles. The average molecular weight is 544 g/mol. The number of anilines is 2. The van der Waals surface area contributed by atoms with E-state index in [0.29, 0.717) is 17.2 Å². The van der Waals surface area contributed by atoms with E-state index in [1.54, 1.807) is 19.1 Å². The summed E-state index contributed by atoms with van der Waals surface area (Å²) in [7, 11) is 3.20. The van der Waals surface area contributed by atoms with Gasteiger partial charge in [0.05, 0.1) is 20.3 Å². The van der Waals surface area contributed by atoms with Crippen LogP contribution < -0.4 is 19.7 Å². The molecule has 0 fully saturated rings. The molecule has 1 heterocycles. The van der Waals surface area contributed by atoms with Crippen molar-refractivity contribution in [3.8, 4) is 11.5 Å². The number of nitrogens with one attached hydrogen (secondary N) is 1. The number of amides is 1. The quantitative estimate of drug-likeness (QED) is 0.395. The second-order valence-corrected chi connectivity index (χ2v) is 8.75. The van der Waals surface area contributed by atoms with E-state index < -0.39 is 0 Å². The highest BCUT2D eigenvalue weighted by atomic mass is 79.9. The van der Waals surface area contributed by atoms with Gasteiger partial charge < -0.3 is 14.8 Å². The molecule has 0 spiro atoms. The zero-order valence-electron chi connectivity index (χ0n) is 16.9. The van der Waals surface area contributed by atoms with Crippen molar-refractivity contribution in [3.63, 3.8) is 0 Å². The summed E-state index contributed by atoms with van der Waals surface area (Å²) in [6, 6.07) is 20.8. The van der Waals surface area contributed by atoms with Gasteiger partial charge >= 0.3 is 0 Å². The molecule has 0 saturated heterocycles. The zero-order chi connectivity index (χ0) is 22.0. The molecule has 5 nitrogen and oxygen atoms in total. The number of carbonyl (C=O) groups is 1. The SMILES string of the molecule is COc1ccc([C@H]2C=C(Nc3ccc(Br)cc3)C(=O)N2c2ccc(Br)cc2)cc1OC. The number of rotatable bonds is 6. The Labute approximate surface area is 197 Å². The lowest BCUT2D eigenvalue weighted by Gasteiger charge is -2.26. The van der Waals surface area contributed by atoms with Crippen molar-refractivity contribution in [2.75, 3.05) is 24.4 Å². The highest BCUT2D eigenvalue weighted by molar-refractivity contribution is 9.10. The first-order valence-electron chi connectivity index (χ1n) is 9.55. The van der Waals surface area contributed by atoms with E-state index in [9.17, 15) is 4.79 Å². The molecule has 3 aromatic rings. The molecule has 0 aromatic heterocycles. The van der Waals surface area contributed by atoms with E-state index in [4.69, 9.17) is 9.47 Å². The highest BCUT2D eigenvalue weighted by Crippen LogP contribution is 2.39. The molecular formula is C24H20Br2N2O3. The minimum atomic E-state index is -0.300. The molecule has 31 heavy (non-hydrogen) atoms. The van der Waals surface area contributed by atoms with Crippen LogP contribution in [0, 0.1) is 0 Å². The van der Waals surface area contributed by atoms with E-state index in [-0.39, 0.29) is 11.9 Å². The Kier molecular flexibility index (Phi) is 6.34. The number of halogens is 2. The predicted octanol–water partition coefficient (Wildman–Crippen LogP) is 6.31. The molecule has 1 N–H and O–H groups in total. The minimum Gasteiger partial charge on any atom is -0.493 e. The predicted molar refractivity (Wildman–Crippen MR) is 130 cm³/mol. The Bertz CT molecular complexity index is 1130. The smallest absolute Gasteiger partial charge is 0.275 e. The van der Waals surface area contributed by atoms with Crippen molar-refractivity contribution in [1.82, 2.24) is 0 Å². The van der Waals surface area contributed by atoms with Gasteiger partial charge in [-0.1, -0.05) is 37.9 Å². The molecule has 0 radical (unpaired) electrons. The molecule has 0 unspecified atom stereocenters. The molecule has 1 atom stereocenters. The van der Waals surface area contributed by atoms with Crippen LogP contribution in [0.2, 0.25) is 0 Å². The molecule has 158 valence electrons. The van der Waals surface area contributed by atoms with Crippen LogP contribution in [0.4, 0.5) is 11.4 Å². The molecule has 1 aliphatic heterocycles. The third-order valence-corrected chi connectivity index (χ3v) is 6.09. The Morgan fingerprint density at radius 1 is 0.839 bits per heavy atom. The lowest BCUT2D eigenvalue weighted by Crippen LogP contribution is -2.30. The summed E-state index contributed by atoms with van der Waals surface area (Å²) >= 11 is 6.90. The fraction of sp³-hybridized carbons (Fsp3) is 0.125. The van der Waals surface area contributed by atoms with Gasteiger partial charge in [-0.3, -0.25) is 9.69 Å². The average Bonchev–Trinajstić information content (AvgIpc) is 3.11. The normalized spacial score (nSPS) is 15.6. The summed E-state index contributed by atoms with van der Waals surface area (Å²) in [5.74, 6) is 1.15. The van der Waals surface area contributed by atoms with Crippen molar-refractivity contribution in [2.45, 2.75) is 6.04 Å². The van der Waals surface area contributed by atoms with Crippen LogP contribution in [-0.4, -0.2) is 20.1 Å². The largest absolute Gasteiger partial charge is 0.493 e. The van der Waals surface area contributed by atoms with Gasteiger partial charge in [-0.05, 0) is 72.3 Å². The second-order valence-electron chi connectivity index (χ2n) is 6.92. The lowest BCUT2D eigenvalue weighted by atomic mass is 10.1. The first-order valence-corrected chi connectivity index (χ1v) is 11.1. The lowest BCUT2D eigenvalue weighted by molar-refractivity contribution is -0.114. The zero-order valence-corrected chi connectivity index (χ0v) is 20.1. The van der Waals surface area contributed by atoms with E-state index in [2.05, 4.69) is 37.2 Å². The first kappa shape index (κ1) is 21.5. The van der Waals surface area contributed by atoms with Crippen LogP contribution >= 0.6 is 31.9 Å². The second kappa shape index (κ2) is 9.16. The summed E-state index contributed by atoms with van der Waals surface area (Å²) in [4.78, 5) is 15.2. The van der Waals surface area contributed by atoms with Gasteiger partial charge in [0, 0.05) is 20.3 Å². The molecule has 4 rings (SSSR count). The van der Waals surface area contributed by atoms with Crippen LogP contribution in [0.5, 0.6) is 11.5 Å². The summed E-state index contributed by atoms with van der Waals surface area (Å²) in [5.41, 5.74) is 3.08. The maximum absolute atomic E-state index is 13.4. The van der Waals surface area contributed by atoms with Gasteiger partial charge in [0.25, 0.3) is 5.91 Å². The third-order valence-electron chi connectivity index (χ3n) is 5.03. The fourth-order valence-electron chi connectivity index (χ4n) is 3.51. The number of ether oxygens (including phenoxy) is 2. The van der Waals surface area contributed by atoms with Crippen LogP contribution in [-0.2, 0) is 4.79 Å². The van der Waals surface area contributed by atoms with Gasteiger partial charge in [0.2, 0.25) is 0 Å². The van der Waals surface area contributed by atoms with Gasteiger partial charge in [0.1, 0.15) is 5.70 Å². The van der Waals surface area contributed by atoms with E-state index in [1.165, 1.54) is 0 Å². The Morgan fingerprint density at radius 3 is 2.06 bits per heavy atom. The number of hydrogen-bond acceptors (Lipinski definition) is 4. The van der Waals surface area contributed by atoms with Gasteiger partial charge in [-0.2, -0.15) is 0 Å². The van der Waals surface area contributed by atoms with E-state index in [1.807, 2.05) is 72.8 Å². The molecule has 1 amide bonds. The number of hydrogen-bond donors (Lipinski definition) is 1. The van der Waals surface area contributed by atoms with E-state index >= 15 is 0 Å². The number of methoxy groups -OCH3 is 2. The fourth-order valence-corrected chi connectivity index (χ4v) is 4.03. The molecule has 1 aliphatic rings. The molecular weight excluding hydrogens is 524 g/mol. The topological polar surface area (TPSA) is 50.8 Å². The Hall–Kier alpha value is -2.77. The van der Waals surface area contributed by atoms with Crippen LogP contribution in [0.25, 0.3) is 0 Å². The third kappa shape index (κ3) is 4.48. The summed E-state index contributed by atoms with van der Waals surface area (Å²) < 4.78 is 12.8. The highest BCUT2D eigenvalue weighted by Gasteiger charge is 2.35. The number of nitrogens with zero attached hydrogens (tertiary/aromatic N) is 1. The maximum Gasteiger partial charge on any atom is 0.275 e. The molecule has 7 heteroatoms. The van der Waals surface area contributed by atoms with Crippen molar-refractivity contribution in [1.29, 1.82) is 0 Å². The Balaban J connectivity index is 1.75. The van der Waals surface area contributed by atoms with Crippen molar-refractivity contribution >= 4 is 49.1 Å². The molecule has 0 aliphatic carbocycles.